The van der Waals surface area contributed by atoms with Gasteiger partial charge in [0.05, 0.1) is 18.5 Å². The van der Waals surface area contributed by atoms with Crippen molar-refractivity contribution in [2.45, 2.75) is 57.1 Å². The molecule has 206 valence electrons. The van der Waals surface area contributed by atoms with Crippen molar-refractivity contribution in [3.63, 3.8) is 0 Å². The standard InChI is InChI=1S/C29H34N4O5S/c1-5-22-17-33(39(36,37)27-9-7-6-8-26(27)38-22)16-21-14-20(11-10-18(21)2)24(15-28(34)35)23-12-13-25-29(19(23)3)30-31-32(25)4/h6-14,22,24,36-37H,5,15-17H2,1-4H3,(H,34,35). The van der Waals surface area contributed by atoms with E-state index in [2.05, 4.69) is 10.3 Å². The predicted molar refractivity (Wildman–Crippen MR) is 151 cm³/mol. The average Bonchev–Trinajstić information content (AvgIpc) is 3.24. The van der Waals surface area contributed by atoms with Crippen LogP contribution < -0.4 is 4.74 Å². The molecule has 2 unspecified atom stereocenters. The van der Waals surface area contributed by atoms with Crippen molar-refractivity contribution in [3.05, 3.63) is 82.4 Å². The molecule has 1 aliphatic rings. The Morgan fingerprint density at radius 3 is 2.67 bits per heavy atom. The fraction of sp³-hybridized carbons (Fsp3) is 0.345. The van der Waals surface area contributed by atoms with Gasteiger partial charge in [-0.25, -0.2) is 4.68 Å². The normalized spacial score (nSPS) is 18.7. The lowest BCUT2D eigenvalue weighted by atomic mass is 9.84. The average molecular weight is 551 g/mol. The molecular weight excluding hydrogens is 516 g/mol. The Labute approximate surface area is 229 Å². The van der Waals surface area contributed by atoms with Crippen molar-refractivity contribution < 1.29 is 23.7 Å². The van der Waals surface area contributed by atoms with Crippen LogP contribution in [-0.4, -0.2) is 52.1 Å². The Kier molecular flexibility index (Phi) is 7.39. The van der Waals surface area contributed by atoms with Crippen LogP contribution in [0.4, 0.5) is 0 Å². The Morgan fingerprint density at radius 1 is 1.15 bits per heavy atom. The molecule has 9 nitrogen and oxygen atoms in total. The molecule has 2 heterocycles. The van der Waals surface area contributed by atoms with Gasteiger partial charge < -0.3 is 9.84 Å². The zero-order valence-electron chi connectivity index (χ0n) is 22.5. The third-order valence-corrected chi connectivity index (χ3v) is 9.54. The number of carboxylic acids is 1. The molecule has 4 aromatic rings. The minimum Gasteiger partial charge on any atom is -0.487 e. The summed E-state index contributed by atoms with van der Waals surface area (Å²) in [7, 11) is -1.49. The summed E-state index contributed by atoms with van der Waals surface area (Å²) < 4.78 is 32.4. The summed E-state index contributed by atoms with van der Waals surface area (Å²) in [5, 5.41) is 18.2. The summed E-state index contributed by atoms with van der Waals surface area (Å²) in [5.74, 6) is -0.819. The van der Waals surface area contributed by atoms with E-state index in [4.69, 9.17) is 4.74 Å². The Morgan fingerprint density at radius 2 is 1.92 bits per heavy atom. The molecule has 39 heavy (non-hydrogen) atoms. The lowest BCUT2D eigenvalue weighted by Crippen LogP contribution is -2.34. The molecule has 10 heteroatoms. The van der Waals surface area contributed by atoms with Gasteiger partial charge in [-0.1, -0.05) is 48.5 Å². The second kappa shape index (κ2) is 10.6. The molecule has 0 saturated heterocycles. The molecule has 0 spiro atoms. The molecule has 0 saturated carbocycles. The number of aliphatic carboxylic acids is 1. The van der Waals surface area contributed by atoms with E-state index in [0.29, 0.717) is 23.6 Å². The second-order valence-corrected chi connectivity index (χ2v) is 12.1. The van der Waals surface area contributed by atoms with E-state index in [9.17, 15) is 19.0 Å². The first kappa shape index (κ1) is 27.1. The van der Waals surface area contributed by atoms with E-state index in [0.717, 1.165) is 38.9 Å². The molecule has 1 aliphatic heterocycles. The highest BCUT2D eigenvalue weighted by Crippen LogP contribution is 2.57. The minimum atomic E-state index is -3.31. The highest BCUT2D eigenvalue weighted by molar-refractivity contribution is 8.22. The maximum absolute atomic E-state index is 12.0. The molecular formula is C29H34N4O5S. The fourth-order valence-corrected chi connectivity index (χ4v) is 6.92. The first-order valence-corrected chi connectivity index (χ1v) is 14.5. The van der Waals surface area contributed by atoms with Gasteiger partial charge in [-0.3, -0.25) is 13.9 Å². The Bertz CT molecular complexity index is 1540. The zero-order valence-corrected chi connectivity index (χ0v) is 23.4. The third kappa shape index (κ3) is 5.12. The smallest absolute Gasteiger partial charge is 0.304 e. The lowest BCUT2D eigenvalue weighted by molar-refractivity contribution is -0.137. The number of hydrogen-bond acceptors (Lipinski definition) is 7. The number of fused-ring (bicyclic) bond motifs is 2. The van der Waals surface area contributed by atoms with Crippen LogP contribution in [0.2, 0.25) is 0 Å². The summed E-state index contributed by atoms with van der Waals surface area (Å²) in [6.45, 7) is 6.57. The zero-order chi connectivity index (χ0) is 27.9. The number of carboxylic acid groups (broad SMARTS) is 1. The fourth-order valence-electron chi connectivity index (χ4n) is 5.30. The van der Waals surface area contributed by atoms with Crippen molar-refractivity contribution in [3.8, 4) is 5.75 Å². The van der Waals surface area contributed by atoms with Crippen LogP contribution in [0.1, 0.15) is 53.5 Å². The molecule has 0 bridgehead atoms. The van der Waals surface area contributed by atoms with Gasteiger partial charge in [0.2, 0.25) is 0 Å². The first-order chi connectivity index (χ1) is 18.6. The van der Waals surface area contributed by atoms with Gasteiger partial charge >= 0.3 is 5.97 Å². The molecule has 0 amide bonds. The van der Waals surface area contributed by atoms with Crippen molar-refractivity contribution in [1.29, 1.82) is 0 Å². The van der Waals surface area contributed by atoms with Gasteiger partial charge in [-0.2, -0.15) is 4.31 Å². The number of nitrogens with zero attached hydrogens (tertiary/aromatic N) is 4. The van der Waals surface area contributed by atoms with E-state index in [1.165, 1.54) is 0 Å². The number of para-hydroxylation sites is 1. The Balaban J connectivity index is 1.55. The molecule has 0 fully saturated rings. The highest BCUT2D eigenvalue weighted by Gasteiger charge is 2.35. The predicted octanol–water partition coefficient (Wildman–Crippen LogP) is 5.89. The van der Waals surface area contributed by atoms with Crippen molar-refractivity contribution in [2.75, 3.05) is 6.54 Å². The highest BCUT2D eigenvalue weighted by atomic mass is 32.3. The molecule has 2 atom stereocenters. The number of rotatable bonds is 7. The van der Waals surface area contributed by atoms with Crippen LogP contribution in [0.25, 0.3) is 11.0 Å². The second-order valence-electron chi connectivity index (χ2n) is 10.1. The molecule has 3 N–H and O–H groups in total. The number of ether oxygens (including phenoxy) is 1. The minimum absolute atomic E-state index is 0.0901. The quantitative estimate of drug-likeness (QED) is 0.261. The summed E-state index contributed by atoms with van der Waals surface area (Å²) in [4.78, 5) is 12.4. The van der Waals surface area contributed by atoms with E-state index in [-0.39, 0.29) is 19.1 Å². The molecule has 1 aromatic heterocycles. The van der Waals surface area contributed by atoms with E-state index < -0.39 is 22.7 Å². The Hall–Kier alpha value is -3.44. The molecule has 0 aliphatic carbocycles. The maximum atomic E-state index is 12.0. The van der Waals surface area contributed by atoms with E-state index in [1.54, 1.807) is 27.2 Å². The summed E-state index contributed by atoms with van der Waals surface area (Å²) >= 11 is 0. The van der Waals surface area contributed by atoms with Gasteiger partial charge in [0.25, 0.3) is 0 Å². The number of carbonyl (C=O) groups is 1. The van der Waals surface area contributed by atoms with Crippen molar-refractivity contribution >= 4 is 27.8 Å². The van der Waals surface area contributed by atoms with Crippen LogP contribution in [0, 0.1) is 13.8 Å². The largest absolute Gasteiger partial charge is 0.487 e. The van der Waals surface area contributed by atoms with Crippen LogP contribution in [0.5, 0.6) is 5.75 Å². The SMILES string of the molecule is CCC1CN(Cc2cc(C(CC(=O)O)c3ccc4c(nnn4C)c3C)ccc2C)S(O)(O)c2ccccc2O1. The lowest BCUT2D eigenvalue weighted by Gasteiger charge is -2.42. The number of hydrogen-bond donors (Lipinski definition) is 3. The molecule has 3 aromatic carbocycles. The van der Waals surface area contributed by atoms with Gasteiger partial charge in [0.1, 0.15) is 22.3 Å². The van der Waals surface area contributed by atoms with Crippen molar-refractivity contribution in [2.24, 2.45) is 7.05 Å². The van der Waals surface area contributed by atoms with Crippen LogP contribution in [0.15, 0.2) is 59.5 Å². The van der Waals surface area contributed by atoms with Gasteiger partial charge in [-0.05, 0) is 66.3 Å². The van der Waals surface area contributed by atoms with Crippen LogP contribution in [-0.2, 0) is 18.4 Å². The number of aryl methyl sites for hydroxylation is 3. The molecule has 5 rings (SSSR count). The third-order valence-electron chi connectivity index (χ3n) is 7.62. The van der Waals surface area contributed by atoms with Gasteiger partial charge in [-0.15, -0.1) is 15.9 Å². The first-order valence-electron chi connectivity index (χ1n) is 13.0. The molecule has 0 radical (unpaired) electrons. The van der Waals surface area contributed by atoms with Gasteiger partial charge in [0, 0.05) is 19.5 Å². The number of benzene rings is 3. The maximum Gasteiger partial charge on any atom is 0.304 e. The summed E-state index contributed by atoms with van der Waals surface area (Å²) in [5.41, 5.74) is 6.14. The van der Waals surface area contributed by atoms with E-state index >= 15 is 0 Å². The van der Waals surface area contributed by atoms with Gasteiger partial charge in [0.15, 0.2) is 0 Å². The number of aromatic nitrogens is 3. The van der Waals surface area contributed by atoms with Crippen LogP contribution in [0.3, 0.4) is 0 Å². The van der Waals surface area contributed by atoms with Crippen LogP contribution >= 0.6 is 10.8 Å². The van der Waals surface area contributed by atoms with Crippen molar-refractivity contribution in [1.82, 2.24) is 19.3 Å². The monoisotopic (exact) mass is 550 g/mol. The summed E-state index contributed by atoms with van der Waals surface area (Å²) in [6, 6.07) is 16.9. The summed E-state index contributed by atoms with van der Waals surface area (Å²) in [6.07, 6.45) is 0.418. The topological polar surface area (TPSA) is 121 Å². The van der Waals surface area contributed by atoms with E-state index in [1.807, 2.05) is 64.2 Å².